The molecular weight excluding hydrogens is 236 g/mol. The summed E-state index contributed by atoms with van der Waals surface area (Å²) in [5.41, 5.74) is 0.908. The highest BCUT2D eigenvalue weighted by molar-refractivity contribution is 6.04. The van der Waals surface area contributed by atoms with Gasteiger partial charge in [0.05, 0.1) is 0 Å². The lowest BCUT2D eigenvalue weighted by Gasteiger charge is -2.21. The molecule has 19 heavy (non-hydrogen) atoms. The minimum Gasteiger partial charge on any atom is -0.294 e. The molecule has 2 heteroatoms. The number of carbonyl (C=O) groups excluding carboxylic acids is 2. The van der Waals surface area contributed by atoms with E-state index in [0.717, 1.165) is 12.8 Å². The Kier molecular flexibility index (Phi) is 5.04. The van der Waals surface area contributed by atoms with Crippen molar-refractivity contribution in [2.75, 3.05) is 0 Å². The van der Waals surface area contributed by atoms with Gasteiger partial charge in [-0.3, -0.25) is 9.59 Å². The molecule has 1 aromatic rings. The molecule has 0 radical (unpaired) electrons. The van der Waals surface area contributed by atoms with Gasteiger partial charge in [-0.1, -0.05) is 52.8 Å². The number of hydrogen-bond donors (Lipinski definition) is 0. The predicted octanol–water partition coefficient (Wildman–Crippen LogP) is 4.53. The van der Waals surface area contributed by atoms with Crippen LogP contribution in [0.2, 0.25) is 0 Å². The Hall–Kier alpha value is -1.44. The zero-order valence-electron chi connectivity index (χ0n) is 12.6. The summed E-state index contributed by atoms with van der Waals surface area (Å²) in [5, 5.41) is 0. The van der Waals surface area contributed by atoms with Crippen LogP contribution >= 0.6 is 0 Å². The lowest BCUT2D eigenvalue weighted by Crippen LogP contribution is -2.23. The Morgan fingerprint density at radius 1 is 1.16 bits per heavy atom. The van der Waals surface area contributed by atoms with Crippen molar-refractivity contribution in [3.63, 3.8) is 0 Å². The van der Waals surface area contributed by atoms with Gasteiger partial charge < -0.3 is 0 Å². The van der Waals surface area contributed by atoms with Crippen molar-refractivity contribution >= 4 is 11.6 Å². The van der Waals surface area contributed by atoms with Gasteiger partial charge in [-0.2, -0.15) is 0 Å². The third-order valence-corrected chi connectivity index (χ3v) is 3.97. The number of hydrogen-bond acceptors (Lipinski definition) is 2. The summed E-state index contributed by atoms with van der Waals surface area (Å²) in [6.45, 7) is 9.81. The first-order valence-electron chi connectivity index (χ1n) is 7.02. The molecule has 0 aliphatic heterocycles. The van der Waals surface area contributed by atoms with Crippen molar-refractivity contribution < 1.29 is 9.59 Å². The Balaban J connectivity index is 3.08. The summed E-state index contributed by atoms with van der Waals surface area (Å²) in [4.78, 5) is 24.6. The van der Waals surface area contributed by atoms with Gasteiger partial charge in [0.1, 0.15) is 0 Å². The van der Waals surface area contributed by atoms with E-state index in [1.165, 1.54) is 0 Å². The lowest BCUT2D eigenvalue weighted by atomic mass is 9.81. The normalized spacial score (nSPS) is 13.1. The quantitative estimate of drug-likeness (QED) is 0.704. The molecule has 0 saturated heterocycles. The molecule has 0 heterocycles. The Morgan fingerprint density at radius 3 is 2.26 bits per heavy atom. The second-order valence-corrected chi connectivity index (χ2v) is 5.82. The van der Waals surface area contributed by atoms with Crippen LogP contribution in [-0.2, 0) is 0 Å². The summed E-state index contributed by atoms with van der Waals surface area (Å²) in [6.07, 6.45) is 1.60. The zero-order valence-corrected chi connectivity index (χ0v) is 12.6. The molecular formula is C17H24O2. The van der Waals surface area contributed by atoms with Gasteiger partial charge in [-0.05, 0) is 18.9 Å². The van der Waals surface area contributed by atoms with Crippen LogP contribution in [0.25, 0.3) is 0 Å². The maximum absolute atomic E-state index is 12.4. The average Bonchev–Trinajstić information content (AvgIpc) is 2.44. The maximum Gasteiger partial charge on any atom is 0.168 e. The molecule has 0 saturated carbocycles. The van der Waals surface area contributed by atoms with Crippen molar-refractivity contribution in [2.24, 2.45) is 11.3 Å². The van der Waals surface area contributed by atoms with Crippen molar-refractivity contribution in [1.29, 1.82) is 0 Å². The molecule has 0 aromatic heterocycles. The number of Topliss-reactive ketones (excluding diaryl/α,β-unsaturated/α-hetero) is 2. The molecule has 0 amide bonds. The smallest absolute Gasteiger partial charge is 0.168 e. The van der Waals surface area contributed by atoms with Crippen LogP contribution in [0.1, 0.15) is 68.2 Å². The monoisotopic (exact) mass is 260 g/mol. The van der Waals surface area contributed by atoms with Crippen LogP contribution in [0.15, 0.2) is 24.3 Å². The van der Waals surface area contributed by atoms with Crippen LogP contribution in [0.3, 0.4) is 0 Å². The molecule has 0 aliphatic carbocycles. The van der Waals surface area contributed by atoms with E-state index in [4.69, 9.17) is 0 Å². The van der Waals surface area contributed by atoms with Crippen LogP contribution in [0.5, 0.6) is 0 Å². The van der Waals surface area contributed by atoms with Gasteiger partial charge in [-0.15, -0.1) is 0 Å². The Labute approximate surface area is 116 Å². The molecule has 0 fully saturated rings. The fourth-order valence-corrected chi connectivity index (χ4v) is 1.83. The molecule has 0 bridgehead atoms. The van der Waals surface area contributed by atoms with E-state index in [1.807, 2.05) is 34.6 Å². The molecule has 1 aromatic carbocycles. The molecule has 0 N–H and O–H groups in total. The summed E-state index contributed by atoms with van der Waals surface area (Å²) in [5.74, 6) is 0.227. The predicted molar refractivity (Wildman–Crippen MR) is 78.6 cm³/mol. The highest BCUT2D eigenvalue weighted by Gasteiger charge is 2.27. The summed E-state index contributed by atoms with van der Waals surface area (Å²) in [6, 6.07) is 7.14. The summed E-state index contributed by atoms with van der Waals surface area (Å²) < 4.78 is 0. The fraction of sp³-hybridized carbons (Fsp3) is 0.529. The highest BCUT2D eigenvalue weighted by atomic mass is 16.1. The molecule has 1 rings (SSSR count). The topological polar surface area (TPSA) is 34.1 Å². The maximum atomic E-state index is 12.4. The second kappa shape index (κ2) is 6.14. The molecule has 0 spiro atoms. The van der Waals surface area contributed by atoms with E-state index in [0.29, 0.717) is 11.1 Å². The largest absolute Gasteiger partial charge is 0.294 e. The summed E-state index contributed by atoms with van der Waals surface area (Å²) in [7, 11) is 0. The number of benzene rings is 1. The fourth-order valence-electron chi connectivity index (χ4n) is 1.83. The van der Waals surface area contributed by atoms with E-state index < -0.39 is 0 Å². The Bertz CT molecular complexity index is 472. The Morgan fingerprint density at radius 2 is 1.74 bits per heavy atom. The number of rotatable bonds is 6. The van der Waals surface area contributed by atoms with Gasteiger partial charge in [0.25, 0.3) is 0 Å². The number of ketones is 2. The molecule has 0 aliphatic rings. The molecule has 2 nitrogen and oxygen atoms in total. The van der Waals surface area contributed by atoms with E-state index in [9.17, 15) is 9.59 Å². The van der Waals surface area contributed by atoms with Crippen molar-refractivity contribution in [3.05, 3.63) is 35.4 Å². The molecule has 104 valence electrons. The van der Waals surface area contributed by atoms with Gasteiger partial charge >= 0.3 is 0 Å². The minimum absolute atomic E-state index is 0.00420. The lowest BCUT2D eigenvalue weighted by molar-refractivity contribution is 0.0833. The first-order valence-corrected chi connectivity index (χ1v) is 7.02. The second-order valence-electron chi connectivity index (χ2n) is 5.82. The van der Waals surface area contributed by atoms with Gasteiger partial charge in [0, 0.05) is 22.5 Å². The van der Waals surface area contributed by atoms with E-state index >= 15 is 0 Å². The molecule has 1 unspecified atom stereocenters. The van der Waals surface area contributed by atoms with Gasteiger partial charge in [0.15, 0.2) is 11.6 Å². The first kappa shape index (κ1) is 15.6. The zero-order chi connectivity index (χ0) is 14.6. The SMILES string of the molecule is CCC(C)C(=O)c1cccc(C(=O)C(C)(C)CC)c1. The van der Waals surface area contributed by atoms with Crippen LogP contribution in [0, 0.1) is 11.3 Å². The van der Waals surface area contributed by atoms with Gasteiger partial charge in [-0.25, -0.2) is 0 Å². The van der Waals surface area contributed by atoms with Crippen LogP contribution < -0.4 is 0 Å². The van der Waals surface area contributed by atoms with Crippen LogP contribution in [0.4, 0.5) is 0 Å². The summed E-state index contributed by atoms with van der Waals surface area (Å²) >= 11 is 0. The van der Waals surface area contributed by atoms with Crippen molar-refractivity contribution in [2.45, 2.75) is 47.5 Å². The molecule has 1 atom stereocenters. The standard InChI is InChI=1S/C17H24O2/c1-6-12(3)15(18)13-9-8-10-14(11-13)16(19)17(4,5)7-2/h8-12H,6-7H2,1-5H3. The number of carbonyl (C=O) groups is 2. The van der Waals surface area contributed by atoms with E-state index in [1.54, 1.807) is 24.3 Å². The third kappa shape index (κ3) is 3.52. The minimum atomic E-state index is -0.377. The van der Waals surface area contributed by atoms with Crippen molar-refractivity contribution in [3.8, 4) is 0 Å². The van der Waals surface area contributed by atoms with E-state index in [-0.39, 0.29) is 22.9 Å². The van der Waals surface area contributed by atoms with Crippen molar-refractivity contribution in [1.82, 2.24) is 0 Å². The van der Waals surface area contributed by atoms with Gasteiger partial charge in [0.2, 0.25) is 0 Å². The first-order chi connectivity index (χ1) is 8.83. The third-order valence-electron chi connectivity index (χ3n) is 3.97. The van der Waals surface area contributed by atoms with Crippen LogP contribution in [-0.4, -0.2) is 11.6 Å². The average molecular weight is 260 g/mol. The highest BCUT2D eigenvalue weighted by Crippen LogP contribution is 2.26. The van der Waals surface area contributed by atoms with E-state index in [2.05, 4.69) is 0 Å².